The van der Waals surface area contributed by atoms with Gasteiger partial charge in [0.15, 0.2) is 0 Å². The molecule has 4 nitrogen and oxygen atoms in total. The summed E-state index contributed by atoms with van der Waals surface area (Å²) in [5, 5.41) is 7.57. The van der Waals surface area contributed by atoms with Gasteiger partial charge in [-0.05, 0) is 18.1 Å². The molecule has 0 aliphatic carbocycles. The van der Waals surface area contributed by atoms with E-state index in [0.29, 0.717) is 5.92 Å². The lowest BCUT2D eigenvalue weighted by Crippen LogP contribution is -2.20. The number of aryl methyl sites for hydroxylation is 1. The molecule has 2 aromatic rings. The van der Waals surface area contributed by atoms with Gasteiger partial charge in [0, 0.05) is 25.2 Å². The highest BCUT2D eigenvalue weighted by Crippen LogP contribution is 2.34. The van der Waals surface area contributed by atoms with E-state index in [9.17, 15) is 0 Å². The smallest absolute Gasteiger partial charge is 0.138 e. The van der Waals surface area contributed by atoms with Gasteiger partial charge in [-0.2, -0.15) is 5.10 Å². The monoisotopic (exact) mass is 214 g/mol. The Morgan fingerprint density at radius 1 is 1.38 bits per heavy atom. The maximum absolute atomic E-state index is 4.36. The predicted molar refractivity (Wildman–Crippen MR) is 62.4 cm³/mol. The summed E-state index contributed by atoms with van der Waals surface area (Å²) < 4.78 is 1.87. The Bertz CT molecular complexity index is 503. The maximum Gasteiger partial charge on any atom is 0.138 e. The van der Waals surface area contributed by atoms with Crippen LogP contribution in [0.3, 0.4) is 0 Å². The van der Waals surface area contributed by atoms with Crippen molar-refractivity contribution < 1.29 is 0 Å². The number of nitrogens with zero attached hydrogens (tertiary/aromatic N) is 3. The van der Waals surface area contributed by atoms with Gasteiger partial charge in [-0.15, -0.1) is 0 Å². The minimum Gasteiger partial charge on any atom is -0.385 e. The van der Waals surface area contributed by atoms with Crippen molar-refractivity contribution in [3.05, 3.63) is 42.0 Å². The first-order valence-electron chi connectivity index (χ1n) is 5.53. The molecular weight excluding hydrogens is 200 g/mol. The number of fused-ring (bicyclic) bond motifs is 1. The van der Waals surface area contributed by atoms with E-state index in [4.69, 9.17) is 0 Å². The average Bonchev–Trinajstić information content (AvgIpc) is 2.75. The quantitative estimate of drug-likeness (QED) is 0.786. The van der Waals surface area contributed by atoms with Crippen molar-refractivity contribution in [2.24, 2.45) is 7.05 Å². The Morgan fingerprint density at radius 2 is 2.25 bits per heavy atom. The fraction of sp³-hybridized carbons (Fsp3) is 0.333. The normalized spacial score (nSPS) is 18.9. The molecule has 1 aromatic carbocycles. The van der Waals surface area contributed by atoms with Gasteiger partial charge in [0.2, 0.25) is 0 Å². The molecule has 0 fully saturated rings. The van der Waals surface area contributed by atoms with Crippen molar-refractivity contribution in [2.45, 2.75) is 12.3 Å². The molecule has 0 bridgehead atoms. The number of benzene rings is 1. The van der Waals surface area contributed by atoms with E-state index >= 15 is 0 Å². The van der Waals surface area contributed by atoms with E-state index in [1.807, 2.05) is 11.7 Å². The molecule has 16 heavy (non-hydrogen) atoms. The van der Waals surface area contributed by atoms with E-state index in [0.717, 1.165) is 18.8 Å². The highest BCUT2D eigenvalue weighted by atomic mass is 15.3. The van der Waals surface area contributed by atoms with Gasteiger partial charge in [0.25, 0.3) is 0 Å². The Morgan fingerprint density at radius 3 is 3.06 bits per heavy atom. The van der Waals surface area contributed by atoms with Crippen molar-refractivity contribution in [1.82, 2.24) is 14.8 Å². The average molecular weight is 214 g/mol. The highest BCUT2D eigenvalue weighted by Gasteiger charge is 2.24. The van der Waals surface area contributed by atoms with Gasteiger partial charge in [-0.25, -0.2) is 4.98 Å². The first-order valence-corrected chi connectivity index (χ1v) is 5.53. The molecule has 82 valence electrons. The Hall–Kier alpha value is -1.84. The van der Waals surface area contributed by atoms with Crippen LogP contribution >= 0.6 is 0 Å². The molecule has 0 amide bonds. The lowest BCUT2D eigenvalue weighted by Gasteiger charge is -2.25. The van der Waals surface area contributed by atoms with E-state index in [1.165, 1.54) is 11.3 Å². The van der Waals surface area contributed by atoms with Crippen molar-refractivity contribution in [2.75, 3.05) is 11.9 Å². The van der Waals surface area contributed by atoms with Crippen molar-refractivity contribution in [3.63, 3.8) is 0 Å². The van der Waals surface area contributed by atoms with Gasteiger partial charge in [-0.3, -0.25) is 4.68 Å². The molecule has 4 heteroatoms. The zero-order valence-corrected chi connectivity index (χ0v) is 9.22. The highest BCUT2D eigenvalue weighted by molar-refractivity contribution is 5.56. The molecule has 3 rings (SSSR count). The molecule has 0 saturated carbocycles. The third-order valence-corrected chi connectivity index (χ3v) is 3.14. The first kappa shape index (κ1) is 9.39. The standard InChI is InChI=1S/C12H14N4/c1-16-12(14-8-15-16)10-6-7-13-11-5-3-2-4-9(10)11/h2-5,8,10,13H,6-7H2,1H3. The molecule has 0 spiro atoms. The van der Waals surface area contributed by atoms with Crippen LogP contribution in [0.2, 0.25) is 0 Å². The minimum absolute atomic E-state index is 0.366. The lowest BCUT2D eigenvalue weighted by molar-refractivity contribution is 0.612. The van der Waals surface area contributed by atoms with Crippen LogP contribution in [-0.4, -0.2) is 21.3 Å². The van der Waals surface area contributed by atoms with Crippen LogP contribution in [0.1, 0.15) is 23.7 Å². The molecule has 2 heterocycles. The third kappa shape index (κ3) is 1.38. The molecule has 0 saturated heterocycles. The van der Waals surface area contributed by atoms with Gasteiger partial charge >= 0.3 is 0 Å². The molecule has 1 aliphatic heterocycles. The topological polar surface area (TPSA) is 42.7 Å². The van der Waals surface area contributed by atoms with Crippen LogP contribution < -0.4 is 5.32 Å². The molecule has 1 N–H and O–H groups in total. The zero-order valence-electron chi connectivity index (χ0n) is 9.22. The summed E-state index contributed by atoms with van der Waals surface area (Å²) >= 11 is 0. The van der Waals surface area contributed by atoms with Crippen LogP contribution in [0.5, 0.6) is 0 Å². The first-order chi connectivity index (χ1) is 7.86. The largest absolute Gasteiger partial charge is 0.385 e. The number of para-hydroxylation sites is 1. The zero-order chi connectivity index (χ0) is 11.0. The summed E-state index contributed by atoms with van der Waals surface area (Å²) in [6.45, 7) is 0.995. The maximum atomic E-state index is 4.36. The summed E-state index contributed by atoms with van der Waals surface area (Å²) in [5.41, 5.74) is 2.55. The summed E-state index contributed by atoms with van der Waals surface area (Å²) in [6, 6.07) is 8.43. The minimum atomic E-state index is 0.366. The number of anilines is 1. The Balaban J connectivity index is 2.08. The number of rotatable bonds is 1. The van der Waals surface area contributed by atoms with Gasteiger partial charge in [0.1, 0.15) is 12.2 Å². The van der Waals surface area contributed by atoms with Crippen molar-refractivity contribution >= 4 is 5.69 Å². The van der Waals surface area contributed by atoms with Crippen molar-refractivity contribution in [1.29, 1.82) is 0 Å². The van der Waals surface area contributed by atoms with E-state index < -0.39 is 0 Å². The van der Waals surface area contributed by atoms with Crippen molar-refractivity contribution in [3.8, 4) is 0 Å². The fourth-order valence-corrected chi connectivity index (χ4v) is 2.36. The van der Waals surface area contributed by atoms with Gasteiger partial charge in [0.05, 0.1) is 0 Å². The summed E-state index contributed by atoms with van der Waals surface area (Å²) in [5.74, 6) is 1.42. The van der Waals surface area contributed by atoms with Crippen LogP contribution in [0, 0.1) is 0 Å². The molecule has 1 aromatic heterocycles. The van der Waals surface area contributed by atoms with Crippen LogP contribution in [0.4, 0.5) is 5.69 Å². The van der Waals surface area contributed by atoms with Crippen LogP contribution in [0.15, 0.2) is 30.6 Å². The van der Waals surface area contributed by atoms with E-state index in [1.54, 1.807) is 6.33 Å². The second-order valence-corrected chi connectivity index (χ2v) is 4.10. The predicted octanol–water partition coefficient (Wildman–Crippen LogP) is 1.76. The second kappa shape index (κ2) is 3.63. The number of hydrogen-bond acceptors (Lipinski definition) is 3. The molecule has 1 aliphatic rings. The van der Waals surface area contributed by atoms with E-state index in [-0.39, 0.29) is 0 Å². The number of aromatic nitrogens is 3. The number of hydrogen-bond donors (Lipinski definition) is 1. The molecule has 0 radical (unpaired) electrons. The molecular formula is C12H14N4. The molecule has 1 unspecified atom stereocenters. The number of nitrogens with one attached hydrogen (secondary N) is 1. The van der Waals surface area contributed by atoms with E-state index in [2.05, 4.69) is 39.7 Å². The Kier molecular flexibility index (Phi) is 2.13. The third-order valence-electron chi connectivity index (χ3n) is 3.14. The summed E-state index contributed by atoms with van der Waals surface area (Å²) in [7, 11) is 1.95. The molecule has 1 atom stereocenters. The summed E-state index contributed by atoms with van der Waals surface area (Å²) in [4.78, 5) is 4.36. The van der Waals surface area contributed by atoms with Gasteiger partial charge < -0.3 is 5.32 Å². The SMILES string of the molecule is Cn1ncnc1C1CCNc2ccccc21. The fourth-order valence-electron chi connectivity index (χ4n) is 2.36. The summed E-state index contributed by atoms with van der Waals surface area (Å²) in [6.07, 6.45) is 2.70. The second-order valence-electron chi connectivity index (χ2n) is 4.10. The Labute approximate surface area is 94.3 Å². The van der Waals surface area contributed by atoms with Crippen LogP contribution in [-0.2, 0) is 7.05 Å². The van der Waals surface area contributed by atoms with Gasteiger partial charge in [-0.1, -0.05) is 18.2 Å². The van der Waals surface area contributed by atoms with Crippen LogP contribution in [0.25, 0.3) is 0 Å². The lowest BCUT2D eigenvalue weighted by atomic mass is 9.90.